The Balaban J connectivity index is 1.73. The van der Waals surface area contributed by atoms with Crippen LogP contribution in [0.1, 0.15) is 11.1 Å². The number of amides is 1. The zero-order valence-corrected chi connectivity index (χ0v) is 16.2. The summed E-state index contributed by atoms with van der Waals surface area (Å²) >= 11 is 6.35. The van der Waals surface area contributed by atoms with Crippen molar-refractivity contribution in [2.45, 2.75) is 6.18 Å². The Hall–Kier alpha value is -2.58. The fraction of sp³-hybridized carbons (Fsp3) is 0.100. The topological polar surface area (TPSA) is 25.2 Å². The number of aromatic nitrogens is 1. The summed E-state index contributed by atoms with van der Waals surface area (Å²) in [6.45, 7) is 0. The van der Waals surface area contributed by atoms with Crippen molar-refractivity contribution in [2.75, 3.05) is 4.90 Å². The van der Waals surface area contributed by atoms with Gasteiger partial charge in [-0.15, -0.1) is 0 Å². The number of aryl methyl sites for hydroxylation is 1. The molecule has 0 atom stereocenters. The lowest BCUT2D eigenvalue weighted by Crippen LogP contribution is -2.27. The highest BCUT2D eigenvalue weighted by Crippen LogP contribution is 2.39. The molecular weight excluding hydrogens is 405 g/mol. The number of para-hydroxylation sites is 1. The second-order valence-corrected chi connectivity index (χ2v) is 7.95. The molecule has 2 heterocycles. The molecular formula is C20H13F3N2OS2. The van der Waals surface area contributed by atoms with E-state index in [9.17, 15) is 18.0 Å². The quantitative estimate of drug-likeness (QED) is 0.400. The van der Waals surface area contributed by atoms with E-state index < -0.39 is 17.6 Å². The minimum Gasteiger partial charge on any atom is -0.350 e. The highest BCUT2D eigenvalue weighted by atomic mass is 32.2. The van der Waals surface area contributed by atoms with E-state index in [4.69, 9.17) is 12.2 Å². The van der Waals surface area contributed by atoms with Crippen molar-refractivity contribution in [3.8, 4) is 0 Å². The van der Waals surface area contributed by atoms with Gasteiger partial charge in [0.2, 0.25) is 0 Å². The standard InChI is InChI=1S/C20H13F3N2OS2/c1-24-11-12(15-7-2-3-8-16(15)24)9-17-18(26)25(19(27)28-17)14-6-4-5-13(10-14)20(21,22)23/h2-11H,1H3/b17-9-. The molecule has 1 amide bonds. The van der Waals surface area contributed by atoms with E-state index in [1.165, 1.54) is 12.1 Å². The first-order valence-corrected chi connectivity index (χ1v) is 9.47. The second kappa shape index (κ2) is 6.79. The van der Waals surface area contributed by atoms with Crippen LogP contribution in [0.4, 0.5) is 18.9 Å². The lowest BCUT2D eigenvalue weighted by Gasteiger charge is -2.16. The summed E-state index contributed by atoms with van der Waals surface area (Å²) < 4.78 is 41.2. The van der Waals surface area contributed by atoms with Gasteiger partial charge in [0, 0.05) is 29.7 Å². The molecule has 0 unspecified atom stereocenters. The normalized spacial score (nSPS) is 16.6. The number of hydrogen-bond donors (Lipinski definition) is 0. The van der Waals surface area contributed by atoms with Crippen molar-refractivity contribution in [3.63, 3.8) is 0 Å². The van der Waals surface area contributed by atoms with E-state index in [1.54, 1.807) is 6.08 Å². The molecule has 1 saturated heterocycles. The fourth-order valence-corrected chi connectivity index (χ4v) is 4.43. The third-order valence-electron chi connectivity index (χ3n) is 4.44. The largest absolute Gasteiger partial charge is 0.416 e. The van der Waals surface area contributed by atoms with Crippen LogP contribution in [0.25, 0.3) is 17.0 Å². The Morgan fingerprint density at radius 2 is 1.86 bits per heavy atom. The molecule has 4 rings (SSSR count). The van der Waals surface area contributed by atoms with Crippen molar-refractivity contribution in [3.05, 3.63) is 70.8 Å². The van der Waals surface area contributed by atoms with Crippen LogP contribution in [0.3, 0.4) is 0 Å². The summed E-state index contributed by atoms with van der Waals surface area (Å²) in [5, 5.41) is 0.981. The molecule has 28 heavy (non-hydrogen) atoms. The first-order chi connectivity index (χ1) is 13.3. The van der Waals surface area contributed by atoms with Crippen LogP contribution >= 0.6 is 24.0 Å². The van der Waals surface area contributed by atoms with Crippen LogP contribution in [-0.2, 0) is 18.0 Å². The molecule has 0 saturated carbocycles. The number of thioether (sulfide) groups is 1. The van der Waals surface area contributed by atoms with Gasteiger partial charge in [0.1, 0.15) is 0 Å². The molecule has 3 nitrogen and oxygen atoms in total. The molecule has 0 radical (unpaired) electrons. The number of benzene rings is 2. The molecule has 1 aliphatic heterocycles. The summed E-state index contributed by atoms with van der Waals surface area (Å²) in [6.07, 6.45) is -0.855. The number of alkyl halides is 3. The van der Waals surface area contributed by atoms with E-state index in [1.807, 2.05) is 42.1 Å². The lowest BCUT2D eigenvalue weighted by molar-refractivity contribution is -0.137. The predicted octanol–water partition coefficient (Wildman–Crippen LogP) is 5.60. The van der Waals surface area contributed by atoms with Gasteiger partial charge in [0.25, 0.3) is 5.91 Å². The highest BCUT2D eigenvalue weighted by Gasteiger charge is 2.36. The Morgan fingerprint density at radius 3 is 2.61 bits per heavy atom. The number of anilines is 1. The summed E-state index contributed by atoms with van der Waals surface area (Å²) in [7, 11) is 1.91. The third-order valence-corrected chi connectivity index (χ3v) is 5.74. The molecule has 0 aliphatic carbocycles. The molecule has 3 aromatic rings. The number of thiocarbonyl (C=S) groups is 1. The summed E-state index contributed by atoms with van der Waals surface area (Å²) in [5.74, 6) is -0.428. The van der Waals surface area contributed by atoms with Gasteiger partial charge < -0.3 is 4.57 Å². The van der Waals surface area contributed by atoms with E-state index >= 15 is 0 Å². The fourth-order valence-electron chi connectivity index (χ4n) is 3.14. The maximum atomic E-state index is 13.0. The van der Waals surface area contributed by atoms with Crippen molar-refractivity contribution >= 4 is 56.9 Å². The average Bonchev–Trinajstić information content (AvgIpc) is 3.11. The minimum atomic E-state index is -4.49. The number of nitrogens with zero attached hydrogens (tertiary/aromatic N) is 2. The highest BCUT2D eigenvalue weighted by molar-refractivity contribution is 8.27. The first-order valence-electron chi connectivity index (χ1n) is 8.25. The number of carbonyl (C=O) groups is 1. The molecule has 2 aromatic carbocycles. The van der Waals surface area contributed by atoms with Crippen molar-refractivity contribution < 1.29 is 18.0 Å². The molecule has 8 heteroatoms. The molecule has 142 valence electrons. The molecule has 1 aliphatic rings. The van der Waals surface area contributed by atoms with Gasteiger partial charge in [-0.3, -0.25) is 9.69 Å². The zero-order chi connectivity index (χ0) is 20.1. The smallest absolute Gasteiger partial charge is 0.350 e. The average molecular weight is 418 g/mol. The molecule has 0 spiro atoms. The monoisotopic (exact) mass is 418 g/mol. The van der Waals surface area contributed by atoms with Crippen LogP contribution in [0.15, 0.2) is 59.6 Å². The minimum absolute atomic E-state index is 0.110. The number of rotatable bonds is 2. The Labute approximate surface area is 168 Å². The van der Waals surface area contributed by atoms with Gasteiger partial charge in [-0.05, 0) is 30.3 Å². The summed E-state index contributed by atoms with van der Waals surface area (Å²) in [4.78, 5) is 14.4. The Kier molecular flexibility index (Phi) is 4.55. The predicted molar refractivity (Wildman–Crippen MR) is 110 cm³/mol. The molecule has 1 fully saturated rings. The van der Waals surface area contributed by atoms with E-state index in [0.717, 1.165) is 45.3 Å². The zero-order valence-electron chi connectivity index (χ0n) is 14.5. The van der Waals surface area contributed by atoms with Gasteiger partial charge in [-0.25, -0.2) is 0 Å². The summed E-state index contributed by atoms with van der Waals surface area (Å²) in [6, 6.07) is 12.4. The van der Waals surface area contributed by atoms with Crippen LogP contribution in [0.5, 0.6) is 0 Å². The lowest BCUT2D eigenvalue weighted by atomic mass is 10.1. The Morgan fingerprint density at radius 1 is 1.11 bits per heavy atom. The van der Waals surface area contributed by atoms with Crippen LogP contribution in [-0.4, -0.2) is 14.8 Å². The van der Waals surface area contributed by atoms with E-state index in [-0.39, 0.29) is 10.0 Å². The van der Waals surface area contributed by atoms with Gasteiger partial charge in [-0.1, -0.05) is 48.2 Å². The van der Waals surface area contributed by atoms with Crippen molar-refractivity contribution in [2.24, 2.45) is 7.05 Å². The van der Waals surface area contributed by atoms with Crippen LogP contribution in [0.2, 0.25) is 0 Å². The van der Waals surface area contributed by atoms with E-state index in [2.05, 4.69) is 0 Å². The molecule has 0 N–H and O–H groups in total. The third kappa shape index (κ3) is 3.22. The number of halogens is 3. The number of carbonyl (C=O) groups excluding carboxylic acids is 1. The number of hydrogen-bond acceptors (Lipinski definition) is 3. The Bertz CT molecular complexity index is 1150. The van der Waals surface area contributed by atoms with E-state index in [0.29, 0.717) is 4.91 Å². The van der Waals surface area contributed by atoms with Gasteiger partial charge in [0.05, 0.1) is 16.2 Å². The summed E-state index contributed by atoms with van der Waals surface area (Å²) in [5.41, 5.74) is 1.15. The first kappa shape index (κ1) is 18.8. The molecule has 1 aromatic heterocycles. The second-order valence-electron chi connectivity index (χ2n) is 6.28. The van der Waals surface area contributed by atoms with Crippen LogP contribution in [0, 0.1) is 0 Å². The van der Waals surface area contributed by atoms with Crippen LogP contribution < -0.4 is 4.90 Å². The molecule has 0 bridgehead atoms. The van der Waals surface area contributed by atoms with Gasteiger partial charge in [-0.2, -0.15) is 13.2 Å². The maximum absolute atomic E-state index is 13.0. The SMILES string of the molecule is Cn1cc(/C=C2\SC(=S)N(c3cccc(C(F)(F)F)c3)C2=O)c2ccccc21. The van der Waals surface area contributed by atoms with Crippen molar-refractivity contribution in [1.29, 1.82) is 0 Å². The van der Waals surface area contributed by atoms with Gasteiger partial charge in [0.15, 0.2) is 4.32 Å². The van der Waals surface area contributed by atoms with Crippen molar-refractivity contribution in [1.82, 2.24) is 4.57 Å². The maximum Gasteiger partial charge on any atom is 0.416 e. The van der Waals surface area contributed by atoms with Gasteiger partial charge >= 0.3 is 6.18 Å². The number of fused-ring (bicyclic) bond motifs is 1.